The van der Waals surface area contributed by atoms with E-state index in [2.05, 4.69) is 19.1 Å². The zero-order chi connectivity index (χ0) is 5.70. The van der Waals surface area contributed by atoms with Gasteiger partial charge in [0, 0.05) is 0 Å². The van der Waals surface area contributed by atoms with Gasteiger partial charge in [-0.1, -0.05) is 0 Å². The zero-order valence-electron chi connectivity index (χ0n) is 4.73. The van der Waals surface area contributed by atoms with Crippen LogP contribution < -0.4 is 0 Å². The zero-order valence-corrected chi connectivity index (χ0v) is 6.29. The fraction of sp³-hybridized carbons (Fsp3) is 0.333. The summed E-state index contributed by atoms with van der Waals surface area (Å²) in [6.45, 7) is 4.12. The Labute approximate surface area is 56.7 Å². The van der Waals surface area contributed by atoms with Crippen LogP contribution in [-0.4, -0.2) is 0 Å². The van der Waals surface area contributed by atoms with Crippen molar-refractivity contribution in [2.24, 2.45) is 0 Å². The Morgan fingerprint density at radius 2 is 2.14 bits per heavy atom. The minimum absolute atomic E-state index is 1.32. The number of rotatable bonds is 1. The Hall–Kier alpha value is 0.194. The molecule has 0 rings (SSSR count). The Morgan fingerprint density at radius 1 is 1.57 bits per heavy atom. The van der Waals surface area contributed by atoms with E-state index < -0.39 is 0 Å². The normalized spacial score (nSPS) is 13.0. The minimum atomic E-state index is 1.32. The Bertz CT molecular complexity index is 90.4. The summed E-state index contributed by atoms with van der Waals surface area (Å²) in [4.78, 5) is 0. The predicted molar refractivity (Wildman–Crippen MR) is 28.6 cm³/mol. The van der Waals surface area contributed by atoms with Crippen LogP contribution in [0.4, 0.5) is 0 Å². The average molecular weight is 129 g/mol. The van der Waals surface area contributed by atoms with Crippen LogP contribution in [0, 0.1) is 0 Å². The van der Waals surface area contributed by atoms with Gasteiger partial charge < -0.3 is 0 Å². The van der Waals surface area contributed by atoms with E-state index in [9.17, 15) is 0 Å². The molecule has 0 unspecified atom stereocenters. The maximum absolute atomic E-state index is 2.08. The van der Waals surface area contributed by atoms with Crippen LogP contribution in [0.2, 0.25) is 0 Å². The molecule has 0 amide bonds. The maximum atomic E-state index is 2.08. The third-order valence-corrected chi connectivity index (χ3v) is 1.06. The molecule has 0 aromatic rings. The van der Waals surface area contributed by atoms with Crippen LogP contribution in [0.5, 0.6) is 0 Å². The molecule has 37 valence electrons. The van der Waals surface area contributed by atoms with Crippen LogP contribution in [0.1, 0.15) is 13.8 Å². The first-order valence-corrected chi connectivity index (χ1v) is 3.18. The van der Waals surface area contributed by atoms with E-state index >= 15 is 0 Å². The van der Waals surface area contributed by atoms with Crippen LogP contribution in [0.25, 0.3) is 0 Å². The fourth-order valence-corrected chi connectivity index (χ4v) is 0.638. The van der Waals surface area contributed by atoms with Crippen LogP contribution in [-0.2, 0) is 20.4 Å². The molecule has 1 heteroatoms. The van der Waals surface area contributed by atoms with E-state index in [1.807, 2.05) is 31.7 Å². The van der Waals surface area contributed by atoms with Crippen molar-refractivity contribution in [2.75, 3.05) is 0 Å². The van der Waals surface area contributed by atoms with Gasteiger partial charge in [-0.3, -0.25) is 0 Å². The van der Waals surface area contributed by atoms with Crippen molar-refractivity contribution in [1.82, 2.24) is 0 Å². The summed E-state index contributed by atoms with van der Waals surface area (Å²) in [6.07, 6.45) is 4.17. The topological polar surface area (TPSA) is 0 Å². The van der Waals surface area contributed by atoms with E-state index in [0.717, 1.165) is 0 Å². The Kier molecular flexibility index (Phi) is 4.48. The molecule has 0 aliphatic heterocycles. The molecule has 7 heavy (non-hydrogen) atoms. The molecule has 0 aliphatic rings. The first-order valence-electron chi connectivity index (χ1n) is 2.28. The van der Waals surface area contributed by atoms with Gasteiger partial charge in [0.1, 0.15) is 0 Å². The predicted octanol–water partition coefficient (Wildman–Crippen LogP) is 2.01. The molecule has 0 fully saturated rings. The SMILES string of the molecule is CC=C(C)C=[CH][Ti]. The van der Waals surface area contributed by atoms with Crippen molar-refractivity contribution in [2.45, 2.75) is 13.8 Å². The van der Waals surface area contributed by atoms with Gasteiger partial charge in [-0.2, -0.15) is 0 Å². The van der Waals surface area contributed by atoms with E-state index in [0.29, 0.717) is 0 Å². The average Bonchev–Trinajstić information content (AvgIpc) is 1.68. The van der Waals surface area contributed by atoms with Gasteiger partial charge in [-0.25, -0.2) is 0 Å². The summed E-state index contributed by atoms with van der Waals surface area (Å²) in [7, 11) is 0. The van der Waals surface area contributed by atoms with Crippen molar-refractivity contribution < 1.29 is 20.4 Å². The van der Waals surface area contributed by atoms with E-state index in [1.165, 1.54) is 5.57 Å². The second kappa shape index (κ2) is 4.36. The molecule has 0 bridgehead atoms. The second-order valence-corrected chi connectivity index (χ2v) is 1.89. The van der Waals surface area contributed by atoms with Gasteiger partial charge in [-0.05, 0) is 0 Å². The fourth-order valence-electron chi connectivity index (χ4n) is 0.228. The van der Waals surface area contributed by atoms with E-state index in [4.69, 9.17) is 0 Å². The Morgan fingerprint density at radius 3 is 2.29 bits per heavy atom. The van der Waals surface area contributed by atoms with E-state index in [1.54, 1.807) is 0 Å². The summed E-state index contributed by atoms with van der Waals surface area (Å²) in [5.74, 6) is 0. The van der Waals surface area contributed by atoms with Crippen molar-refractivity contribution >= 4 is 0 Å². The molecule has 0 nitrogen and oxygen atoms in total. The molecule has 0 spiro atoms. The second-order valence-electron chi connectivity index (χ2n) is 1.37. The first-order chi connectivity index (χ1) is 3.31. The first kappa shape index (κ1) is 7.19. The number of allylic oxidation sites excluding steroid dienone is 3. The van der Waals surface area contributed by atoms with Crippen molar-refractivity contribution in [3.05, 3.63) is 22.1 Å². The van der Waals surface area contributed by atoms with Crippen LogP contribution in [0.15, 0.2) is 22.1 Å². The van der Waals surface area contributed by atoms with Crippen LogP contribution >= 0.6 is 0 Å². The third-order valence-electron chi connectivity index (χ3n) is 0.802. The summed E-state index contributed by atoms with van der Waals surface area (Å²) in [5.41, 5.74) is 1.32. The summed E-state index contributed by atoms with van der Waals surface area (Å²) < 4.78 is 2.04. The molecule has 0 heterocycles. The molecule has 0 saturated carbocycles. The molecule has 0 aromatic heterocycles. The molecule has 0 aromatic carbocycles. The number of hydrogen-bond acceptors (Lipinski definition) is 0. The number of hydrogen-bond donors (Lipinski definition) is 0. The molecule has 0 aliphatic carbocycles. The summed E-state index contributed by atoms with van der Waals surface area (Å²) in [5, 5.41) is 0. The van der Waals surface area contributed by atoms with Gasteiger partial charge in [0.25, 0.3) is 0 Å². The molecule has 0 N–H and O–H groups in total. The molecular formula is C6H9Ti. The molecule has 0 atom stereocenters. The molecule has 0 radical (unpaired) electrons. The van der Waals surface area contributed by atoms with Crippen molar-refractivity contribution in [1.29, 1.82) is 0 Å². The van der Waals surface area contributed by atoms with Crippen molar-refractivity contribution in [3.8, 4) is 0 Å². The monoisotopic (exact) mass is 129 g/mol. The Balaban J connectivity index is 3.58. The third kappa shape index (κ3) is 4.04. The summed E-state index contributed by atoms with van der Waals surface area (Å²) in [6, 6.07) is 0. The van der Waals surface area contributed by atoms with Gasteiger partial charge in [0.15, 0.2) is 0 Å². The van der Waals surface area contributed by atoms with Crippen LogP contribution in [0.3, 0.4) is 0 Å². The van der Waals surface area contributed by atoms with Gasteiger partial charge >= 0.3 is 56.4 Å². The van der Waals surface area contributed by atoms with Gasteiger partial charge in [0.05, 0.1) is 0 Å². The molecule has 0 saturated heterocycles. The summed E-state index contributed by atoms with van der Waals surface area (Å²) >= 11 is 2.02. The quantitative estimate of drug-likeness (QED) is 0.375. The van der Waals surface area contributed by atoms with Crippen molar-refractivity contribution in [3.63, 3.8) is 0 Å². The van der Waals surface area contributed by atoms with Gasteiger partial charge in [-0.15, -0.1) is 0 Å². The van der Waals surface area contributed by atoms with Gasteiger partial charge in [0.2, 0.25) is 0 Å². The standard InChI is InChI=1S/C6H9.Ti/c1-4-6(3)5-2;/h1,4-5H,2-3H3;. The molecular weight excluding hydrogens is 120 g/mol. The van der Waals surface area contributed by atoms with E-state index in [-0.39, 0.29) is 0 Å².